The summed E-state index contributed by atoms with van der Waals surface area (Å²) in [6, 6.07) is 11.2. The summed E-state index contributed by atoms with van der Waals surface area (Å²) in [7, 11) is 1.61. The Morgan fingerprint density at radius 3 is 2.86 bits per heavy atom. The highest BCUT2D eigenvalue weighted by molar-refractivity contribution is 8.26. The molecule has 0 atom stereocenters. The number of carbonyl (C=O) groups excluding carboxylic acids is 1. The van der Waals surface area contributed by atoms with Gasteiger partial charge in [0.25, 0.3) is 5.91 Å². The van der Waals surface area contributed by atoms with Crippen molar-refractivity contribution in [2.24, 2.45) is 0 Å². The molecule has 0 bridgehead atoms. The molecule has 0 radical (unpaired) electrons. The molecule has 1 aromatic carbocycles. The fraction of sp³-hybridized carbons (Fsp3) is 0.125. The predicted molar refractivity (Wildman–Crippen MR) is 90.4 cm³/mol. The van der Waals surface area contributed by atoms with Crippen molar-refractivity contribution in [3.8, 4) is 5.75 Å². The van der Waals surface area contributed by atoms with Crippen LogP contribution in [0.3, 0.4) is 0 Å². The summed E-state index contributed by atoms with van der Waals surface area (Å²) in [6.45, 7) is 0.348. The van der Waals surface area contributed by atoms with Gasteiger partial charge in [0, 0.05) is 5.56 Å². The minimum absolute atomic E-state index is 0.114. The molecule has 2 heterocycles. The maximum Gasteiger partial charge on any atom is 0.266 e. The molecule has 1 amide bonds. The molecule has 1 aliphatic rings. The van der Waals surface area contributed by atoms with E-state index in [0.29, 0.717) is 21.5 Å². The fourth-order valence-corrected chi connectivity index (χ4v) is 3.37. The van der Waals surface area contributed by atoms with Gasteiger partial charge in [-0.25, -0.2) is 0 Å². The van der Waals surface area contributed by atoms with Gasteiger partial charge >= 0.3 is 0 Å². The van der Waals surface area contributed by atoms with Gasteiger partial charge in [0.15, 0.2) is 0 Å². The van der Waals surface area contributed by atoms with Crippen LogP contribution in [0.25, 0.3) is 6.08 Å². The molecule has 1 aliphatic heterocycles. The van der Waals surface area contributed by atoms with E-state index in [9.17, 15) is 4.79 Å². The second kappa shape index (κ2) is 6.37. The third-order valence-corrected chi connectivity index (χ3v) is 4.57. The molecule has 4 nitrogen and oxygen atoms in total. The number of methoxy groups -OCH3 is 1. The maximum atomic E-state index is 12.5. The van der Waals surface area contributed by atoms with Crippen LogP contribution in [0.4, 0.5) is 0 Å². The summed E-state index contributed by atoms with van der Waals surface area (Å²) >= 11 is 6.59. The van der Waals surface area contributed by atoms with E-state index in [1.807, 2.05) is 30.3 Å². The van der Waals surface area contributed by atoms with Crippen LogP contribution in [0, 0.1) is 0 Å². The van der Waals surface area contributed by atoms with Gasteiger partial charge in [0.05, 0.1) is 24.8 Å². The van der Waals surface area contributed by atoms with Crippen LogP contribution in [0.15, 0.2) is 52.0 Å². The second-order valence-corrected chi connectivity index (χ2v) is 6.26. The van der Waals surface area contributed by atoms with Gasteiger partial charge in [0.2, 0.25) is 0 Å². The molecule has 0 aliphatic carbocycles. The molecular formula is C16H13NO3S2. The first-order valence-electron chi connectivity index (χ1n) is 6.60. The number of furan rings is 1. The number of hydrogen-bond acceptors (Lipinski definition) is 5. The Hall–Kier alpha value is -2.05. The molecule has 1 saturated heterocycles. The topological polar surface area (TPSA) is 42.7 Å². The summed E-state index contributed by atoms with van der Waals surface area (Å²) in [4.78, 5) is 14.6. The number of nitrogens with zero attached hydrogens (tertiary/aromatic N) is 1. The third kappa shape index (κ3) is 2.93. The summed E-state index contributed by atoms with van der Waals surface area (Å²) in [5.74, 6) is 1.31. The Morgan fingerprint density at radius 2 is 2.14 bits per heavy atom. The number of para-hydroxylation sites is 1. The smallest absolute Gasteiger partial charge is 0.266 e. The molecule has 1 aromatic heterocycles. The van der Waals surface area contributed by atoms with E-state index in [0.717, 1.165) is 11.3 Å². The number of thiocarbonyl (C=S) groups is 1. The van der Waals surface area contributed by atoms with Crippen LogP contribution in [0.5, 0.6) is 5.75 Å². The van der Waals surface area contributed by atoms with Crippen LogP contribution in [0.2, 0.25) is 0 Å². The molecule has 0 saturated carbocycles. The summed E-state index contributed by atoms with van der Waals surface area (Å²) < 4.78 is 11.1. The van der Waals surface area contributed by atoms with Gasteiger partial charge < -0.3 is 9.15 Å². The van der Waals surface area contributed by atoms with E-state index in [-0.39, 0.29) is 5.91 Å². The van der Waals surface area contributed by atoms with E-state index in [1.165, 1.54) is 11.8 Å². The van der Waals surface area contributed by atoms with Gasteiger partial charge in [0.1, 0.15) is 15.8 Å². The third-order valence-electron chi connectivity index (χ3n) is 3.19. The van der Waals surface area contributed by atoms with Crippen molar-refractivity contribution in [1.29, 1.82) is 0 Å². The Kier molecular flexibility index (Phi) is 4.31. The lowest BCUT2D eigenvalue weighted by molar-refractivity contribution is -0.122. The van der Waals surface area contributed by atoms with Gasteiger partial charge in [-0.2, -0.15) is 0 Å². The number of rotatable bonds is 4. The van der Waals surface area contributed by atoms with Crippen molar-refractivity contribution in [2.45, 2.75) is 6.54 Å². The monoisotopic (exact) mass is 331 g/mol. The lowest BCUT2D eigenvalue weighted by Crippen LogP contribution is -2.27. The molecule has 3 rings (SSSR count). The van der Waals surface area contributed by atoms with Crippen LogP contribution in [-0.2, 0) is 11.3 Å². The largest absolute Gasteiger partial charge is 0.496 e. The molecule has 2 aromatic rings. The van der Waals surface area contributed by atoms with E-state index >= 15 is 0 Å². The zero-order valence-corrected chi connectivity index (χ0v) is 13.4. The van der Waals surface area contributed by atoms with Crippen molar-refractivity contribution in [3.63, 3.8) is 0 Å². The first-order chi connectivity index (χ1) is 10.7. The number of carbonyl (C=O) groups is 1. The van der Waals surface area contributed by atoms with E-state index in [1.54, 1.807) is 30.4 Å². The molecule has 112 valence electrons. The van der Waals surface area contributed by atoms with E-state index < -0.39 is 0 Å². The number of hydrogen-bond donors (Lipinski definition) is 0. The Morgan fingerprint density at radius 1 is 1.32 bits per heavy atom. The highest BCUT2D eigenvalue weighted by atomic mass is 32.2. The minimum Gasteiger partial charge on any atom is -0.496 e. The number of ether oxygens (including phenoxy) is 1. The molecule has 1 fully saturated rings. The standard InChI is InChI=1S/C16H13NO3S2/c1-19-13-7-3-2-5-11(13)9-14-15(18)17(16(21)22-14)10-12-6-4-8-20-12/h2-9H,10H2,1H3/b14-9-. The van der Waals surface area contributed by atoms with Crippen molar-refractivity contribution in [1.82, 2.24) is 4.90 Å². The molecule has 22 heavy (non-hydrogen) atoms. The molecule has 0 N–H and O–H groups in total. The molecule has 0 unspecified atom stereocenters. The zero-order valence-electron chi connectivity index (χ0n) is 11.8. The highest BCUT2D eigenvalue weighted by Crippen LogP contribution is 2.35. The van der Waals surface area contributed by atoms with Gasteiger partial charge in [-0.3, -0.25) is 9.69 Å². The molecule has 6 heteroatoms. The van der Waals surface area contributed by atoms with Gasteiger partial charge in [-0.1, -0.05) is 42.2 Å². The average Bonchev–Trinajstić information content (AvgIpc) is 3.12. The average molecular weight is 331 g/mol. The first kappa shape index (κ1) is 14.9. The highest BCUT2D eigenvalue weighted by Gasteiger charge is 2.32. The zero-order chi connectivity index (χ0) is 15.5. The van der Waals surface area contributed by atoms with Crippen LogP contribution in [0.1, 0.15) is 11.3 Å². The van der Waals surface area contributed by atoms with Crippen LogP contribution in [-0.4, -0.2) is 22.2 Å². The number of benzene rings is 1. The molecule has 0 spiro atoms. The Labute approximate surface area is 137 Å². The lowest BCUT2D eigenvalue weighted by Gasteiger charge is -2.12. The quantitative estimate of drug-likeness (QED) is 0.631. The Bertz CT molecular complexity index is 738. The summed E-state index contributed by atoms with van der Waals surface area (Å²) in [5, 5.41) is 0. The van der Waals surface area contributed by atoms with Crippen LogP contribution >= 0.6 is 24.0 Å². The van der Waals surface area contributed by atoms with Crippen molar-refractivity contribution < 1.29 is 13.9 Å². The van der Waals surface area contributed by atoms with Crippen LogP contribution < -0.4 is 4.74 Å². The fourth-order valence-electron chi connectivity index (χ4n) is 2.12. The van der Waals surface area contributed by atoms with Crippen molar-refractivity contribution in [3.05, 3.63) is 58.9 Å². The van der Waals surface area contributed by atoms with Crippen molar-refractivity contribution in [2.75, 3.05) is 7.11 Å². The van der Waals surface area contributed by atoms with E-state index in [4.69, 9.17) is 21.4 Å². The van der Waals surface area contributed by atoms with Gasteiger partial charge in [-0.05, 0) is 24.3 Å². The number of amides is 1. The minimum atomic E-state index is -0.114. The number of thioether (sulfide) groups is 1. The van der Waals surface area contributed by atoms with Crippen molar-refractivity contribution >= 4 is 40.3 Å². The lowest BCUT2D eigenvalue weighted by atomic mass is 10.2. The first-order valence-corrected chi connectivity index (χ1v) is 7.82. The molecular weight excluding hydrogens is 318 g/mol. The van der Waals surface area contributed by atoms with Gasteiger partial charge in [-0.15, -0.1) is 0 Å². The normalized spacial score (nSPS) is 16.6. The Balaban J connectivity index is 1.85. The second-order valence-electron chi connectivity index (χ2n) is 4.59. The summed E-state index contributed by atoms with van der Waals surface area (Å²) in [5.41, 5.74) is 0.850. The van der Waals surface area contributed by atoms with E-state index in [2.05, 4.69) is 0 Å². The maximum absolute atomic E-state index is 12.5. The predicted octanol–water partition coefficient (Wildman–Crippen LogP) is 3.69. The SMILES string of the molecule is COc1ccccc1/C=C1\SC(=S)N(Cc2ccco2)C1=O. The summed E-state index contributed by atoms with van der Waals surface area (Å²) in [6.07, 6.45) is 3.39.